The molecule has 0 aliphatic carbocycles. The zero-order valence-corrected chi connectivity index (χ0v) is 15.3. The van der Waals surface area contributed by atoms with Crippen LogP contribution in [0.25, 0.3) is 11.3 Å². The summed E-state index contributed by atoms with van der Waals surface area (Å²) < 4.78 is 115. The molecule has 0 fully saturated rings. The molecule has 2 aromatic carbocycles. The molecule has 29 heavy (non-hydrogen) atoms. The summed E-state index contributed by atoms with van der Waals surface area (Å²) in [6.07, 6.45) is -3.66. The molecule has 0 spiro atoms. The highest BCUT2D eigenvalue weighted by Gasteiger charge is 2.31. The third-order valence-corrected chi connectivity index (χ3v) is 5.77. The van der Waals surface area contributed by atoms with Gasteiger partial charge in [-0.05, 0) is 55.0 Å². The molecule has 4 nitrogen and oxygen atoms in total. The summed E-state index contributed by atoms with van der Waals surface area (Å²) in [5, 5.41) is 2.18. The molecule has 0 saturated heterocycles. The maximum absolute atomic E-state index is 14.4. The number of halogens is 5. The third-order valence-electron chi connectivity index (χ3n) is 4.08. The van der Waals surface area contributed by atoms with Crippen molar-refractivity contribution in [2.75, 3.05) is 6.98 Å². The number of benzene rings is 2. The second kappa shape index (κ2) is 7.60. The van der Waals surface area contributed by atoms with Gasteiger partial charge in [-0.1, -0.05) is 0 Å². The van der Waals surface area contributed by atoms with Gasteiger partial charge in [-0.15, -0.1) is 0 Å². The van der Waals surface area contributed by atoms with Crippen molar-refractivity contribution in [3.05, 3.63) is 77.5 Å². The summed E-state index contributed by atoms with van der Waals surface area (Å²) in [4.78, 5) is -0.514. The second-order valence-electron chi connectivity index (χ2n) is 6.03. The molecule has 3 rings (SSSR count). The van der Waals surface area contributed by atoms with Crippen LogP contribution in [-0.4, -0.2) is 19.4 Å². The molecular formula is C19H15F5N2O2S. The van der Waals surface area contributed by atoms with Crippen LogP contribution < -0.4 is 5.32 Å². The Morgan fingerprint density at radius 3 is 2.34 bits per heavy atom. The first-order chi connectivity index (χ1) is 14.7. The predicted octanol–water partition coefficient (Wildman–Crippen LogP) is 4.41. The molecule has 1 N–H and O–H groups in total. The van der Waals surface area contributed by atoms with E-state index in [4.69, 9.17) is 4.11 Å². The molecule has 0 amide bonds. The van der Waals surface area contributed by atoms with Gasteiger partial charge in [-0.3, -0.25) is 0 Å². The van der Waals surface area contributed by atoms with Gasteiger partial charge in [0, 0.05) is 28.5 Å². The number of rotatable bonds is 5. The lowest BCUT2D eigenvalue weighted by Crippen LogP contribution is -2.14. The van der Waals surface area contributed by atoms with Crippen LogP contribution in [0.3, 0.4) is 0 Å². The number of alkyl halides is 3. The van der Waals surface area contributed by atoms with E-state index in [2.05, 4.69) is 5.32 Å². The highest BCUT2D eigenvalue weighted by Crippen LogP contribution is 2.32. The Hall–Kier alpha value is -2.72. The van der Waals surface area contributed by atoms with E-state index in [0.29, 0.717) is 22.2 Å². The average molecular weight is 433 g/mol. The molecule has 1 aromatic heterocycles. The van der Waals surface area contributed by atoms with Crippen molar-refractivity contribution < 1.29 is 34.5 Å². The Bertz CT molecular complexity index is 1240. The van der Waals surface area contributed by atoms with Crippen molar-refractivity contribution in [3.63, 3.8) is 0 Å². The largest absolute Gasteiger partial charge is 0.416 e. The molecular weight excluding hydrogens is 415 g/mol. The SMILES string of the molecule is [2H]C([2H])([2H])NCc1cc(-c2ccc(F)cc2F)n(S(=O)(=O)c2ccc(C(F)(F)F)cc2)c1. The molecule has 0 aliphatic rings. The van der Waals surface area contributed by atoms with E-state index in [0.717, 1.165) is 30.5 Å². The lowest BCUT2D eigenvalue weighted by Gasteiger charge is -2.12. The Balaban J connectivity index is 2.13. The quantitative estimate of drug-likeness (QED) is 0.607. The molecule has 10 heteroatoms. The van der Waals surface area contributed by atoms with E-state index in [1.165, 1.54) is 6.07 Å². The fourth-order valence-corrected chi connectivity index (χ4v) is 4.11. The monoisotopic (exact) mass is 433 g/mol. The van der Waals surface area contributed by atoms with E-state index < -0.39 is 45.3 Å². The van der Waals surface area contributed by atoms with Gasteiger partial charge in [-0.25, -0.2) is 21.2 Å². The zero-order valence-electron chi connectivity index (χ0n) is 17.5. The van der Waals surface area contributed by atoms with Gasteiger partial charge in [-0.2, -0.15) is 13.2 Å². The predicted molar refractivity (Wildman–Crippen MR) is 96.6 cm³/mol. The fourth-order valence-electron chi connectivity index (χ4n) is 2.72. The van der Waals surface area contributed by atoms with Crippen molar-refractivity contribution in [2.24, 2.45) is 0 Å². The summed E-state index contributed by atoms with van der Waals surface area (Å²) in [5.74, 6) is -1.98. The van der Waals surface area contributed by atoms with Gasteiger partial charge in [0.25, 0.3) is 10.0 Å². The maximum atomic E-state index is 14.4. The molecule has 0 atom stereocenters. The summed E-state index contributed by atoms with van der Waals surface area (Å²) >= 11 is 0. The highest BCUT2D eigenvalue weighted by atomic mass is 32.2. The van der Waals surface area contributed by atoms with Crippen LogP contribution >= 0.6 is 0 Å². The smallest absolute Gasteiger partial charge is 0.316 e. The van der Waals surface area contributed by atoms with E-state index in [9.17, 15) is 30.4 Å². The van der Waals surface area contributed by atoms with Crippen molar-refractivity contribution in [1.82, 2.24) is 9.29 Å². The highest BCUT2D eigenvalue weighted by molar-refractivity contribution is 7.90. The van der Waals surface area contributed by atoms with Crippen LogP contribution in [0.1, 0.15) is 15.2 Å². The molecule has 0 radical (unpaired) electrons. The Labute approximate surface area is 167 Å². The maximum Gasteiger partial charge on any atom is 0.416 e. The Kier molecular flexibility index (Phi) is 4.50. The van der Waals surface area contributed by atoms with Crippen LogP contribution in [0.4, 0.5) is 22.0 Å². The lowest BCUT2D eigenvalue weighted by atomic mass is 10.1. The first kappa shape index (κ1) is 17.2. The van der Waals surface area contributed by atoms with Crippen molar-refractivity contribution >= 4 is 10.0 Å². The topological polar surface area (TPSA) is 51.1 Å². The minimum Gasteiger partial charge on any atom is -0.316 e. The number of nitrogens with zero attached hydrogens (tertiary/aromatic N) is 1. The molecule has 0 unspecified atom stereocenters. The Morgan fingerprint density at radius 1 is 1.07 bits per heavy atom. The number of hydrogen-bond acceptors (Lipinski definition) is 3. The summed E-state index contributed by atoms with van der Waals surface area (Å²) in [6.45, 7) is -2.86. The average Bonchev–Trinajstić information content (AvgIpc) is 3.10. The fraction of sp³-hybridized carbons (Fsp3) is 0.158. The first-order valence-corrected chi connectivity index (χ1v) is 9.47. The zero-order chi connectivity index (χ0) is 23.9. The standard InChI is InChI=1S/C19H15F5N2O2S/c1-25-10-12-8-18(16-7-4-14(20)9-17(16)21)26(11-12)29(27,28)15-5-2-13(3-6-15)19(22,23)24/h2-9,11,25H,10H2,1H3/i1D3. The van der Waals surface area contributed by atoms with Crippen LogP contribution in [0.5, 0.6) is 0 Å². The minimum atomic E-state index is -4.67. The van der Waals surface area contributed by atoms with E-state index in [-0.39, 0.29) is 23.4 Å². The van der Waals surface area contributed by atoms with Crippen molar-refractivity contribution in [2.45, 2.75) is 17.6 Å². The summed E-state index contributed by atoms with van der Waals surface area (Å²) in [7, 11) is -4.52. The van der Waals surface area contributed by atoms with Gasteiger partial charge >= 0.3 is 6.18 Å². The molecule has 3 aromatic rings. The van der Waals surface area contributed by atoms with E-state index >= 15 is 0 Å². The Morgan fingerprint density at radius 2 is 1.76 bits per heavy atom. The van der Waals surface area contributed by atoms with Gasteiger partial charge in [0.1, 0.15) is 11.6 Å². The van der Waals surface area contributed by atoms with Crippen molar-refractivity contribution in [3.8, 4) is 11.3 Å². The molecule has 0 bridgehead atoms. The first-order valence-electron chi connectivity index (χ1n) is 9.53. The van der Waals surface area contributed by atoms with Crippen LogP contribution in [0.2, 0.25) is 0 Å². The molecule has 1 heterocycles. The van der Waals surface area contributed by atoms with E-state index in [1.807, 2.05) is 0 Å². The number of nitrogens with one attached hydrogen (secondary N) is 1. The molecule has 0 aliphatic heterocycles. The number of hydrogen-bond donors (Lipinski definition) is 1. The van der Waals surface area contributed by atoms with Crippen LogP contribution in [0, 0.1) is 11.6 Å². The summed E-state index contributed by atoms with van der Waals surface area (Å²) in [5.41, 5.74) is -1.49. The van der Waals surface area contributed by atoms with Gasteiger partial charge < -0.3 is 5.32 Å². The van der Waals surface area contributed by atoms with Crippen molar-refractivity contribution in [1.29, 1.82) is 0 Å². The lowest BCUT2D eigenvalue weighted by molar-refractivity contribution is -0.137. The van der Waals surface area contributed by atoms with Crippen LogP contribution in [0.15, 0.2) is 59.6 Å². The molecule has 0 saturated carbocycles. The number of aromatic nitrogens is 1. The van der Waals surface area contributed by atoms with Gasteiger partial charge in [0.2, 0.25) is 0 Å². The molecule has 154 valence electrons. The van der Waals surface area contributed by atoms with E-state index in [1.54, 1.807) is 0 Å². The van der Waals surface area contributed by atoms with Crippen LogP contribution in [-0.2, 0) is 22.7 Å². The summed E-state index contributed by atoms with van der Waals surface area (Å²) in [6, 6.07) is 6.32. The van der Waals surface area contributed by atoms with Gasteiger partial charge in [0.05, 0.1) is 16.2 Å². The normalized spacial score (nSPS) is 14.3. The third kappa shape index (κ3) is 4.18. The second-order valence-corrected chi connectivity index (χ2v) is 7.85. The van der Waals surface area contributed by atoms with Gasteiger partial charge in [0.15, 0.2) is 0 Å². The minimum absolute atomic E-state index is 0.135.